The van der Waals surface area contributed by atoms with Gasteiger partial charge in [-0.15, -0.1) is 0 Å². The van der Waals surface area contributed by atoms with Gasteiger partial charge >= 0.3 is 0 Å². The molecule has 19 heteroatoms. The molecule has 3 rings (SSSR count). The Hall–Kier alpha value is -3.47. The van der Waals surface area contributed by atoms with Crippen LogP contribution in [0.4, 0.5) is 5.69 Å². The van der Waals surface area contributed by atoms with Crippen molar-refractivity contribution in [3.63, 3.8) is 0 Å². The zero-order valence-corrected chi connectivity index (χ0v) is 39.3. The molecular formula is C47H77N3O16. The summed E-state index contributed by atoms with van der Waals surface area (Å²) in [7, 11) is 0. The summed E-state index contributed by atoms with van der Waals surface area (Å²) < 4.78 is 60.8. The summed E-state index contributed by atoms with van der Waals surface area (Å²) in [4.78, 5) is 63.6. The molecule has 0 aliphatic carbocycles. The van der Waals surface area contributed by atoms with Gasteiger partial charge in [-0.1, -0.05) is 51.5 Å². The zero-order chi connectivity index (χ0) is 47.1. The predicted molar refractivity (Wildman–Crippen MR) is 243 cm³/mol. The van der Waals surface area contributed by atoms with Gasteiger partial charge in [0.05, 0.1) is 149 Å². The third-order valence-corrected chi connectivity index (χ3v) is 10.3. The summed E-state index contributed by atoms with van der Waals surface area (Å²) in [5.74, 6) is -2.71. The van der Waals surface area contributed by atoms with Crippen LogP contribution in [0.15, 0.2) is 18.2 Å². The number of fused-ring (bicyclic) bond motifs is 1. The summed E-state index contributed by atoms with van der Waals surface area (Å²) in [5, 5.41) is 4.91. The van der Waals surface area contributed by atoms with Crippen molar-refractivity contribution in [1.29, 1.82) is 0 Å². The second-order valence-electron chi connectivity index (χ2n) is 15.5. The molecule has 5 amide bonds. The first-order valence-electron chi connectivity index (χ1n) is 23.9. The Labute approximate surface area is 390 Å². The topological polar surface area (TPSA) is 214 Å². The number of piperidine rings is 1. The minimum Gasteiger partial charge on any atom is -0.379 e. The Bertz CT molecular complexity index is 1490. The van der Waals surface area contributed by atoms with Crippen LogP contribution >= 0.6 is 0 Å². The normalized spacial score (nSPS) is 14.9. The molecule has 0 spiro atoms. The Morgan fingerprint density at radius 2 is 0.924 bits per heavy atom. The van der Waals surface area contributed by atoms with Gasteiger partial charge in [-0.3, -0.25) is 34.2 Å². The van der Waals surface area contributed by atoms with Crippen LogP contribution in [-0.4, -0.2) is 186 Å². The van der Waals surface area contributed by atoms with Crippen LogP contribution in [0.5, 0.6) is 0 Å². The summed E-state index contributed by atoms with van der Waals surface area (Å²) in [6.07, 6.45) is 10.1. The van der Waals surface area contributed by atoms with Crippen molar-refractivity contribution in [2.45, 2.75) is 90.0 Å². The van der Waals surface area contributed by atoms with Crippen LogP contribution in [-0.2, 0) is 66.5 Å². The van der Waals surface area contributed by atoms with Gasteiger partial charge < -0.3 is 57.4 Å². The van der Waals surface area contributed by atoms with E-state index >= 15 is 0 Å². The Morgan fingerprint density at radius 3 is 1.35 bits per heavy atom. The molecule has 1 saturated heterocycles. The number of amides is 5. The zero-order valence-electron chi connectivity index (χ0n) is 39.3. The quantitative estimate of drug-likeness (QED) is 0.0695. The van der Waals surface area contributed by atoms with Gasteiger partial charge in [-0.05, 0) is 37.8 Å². The molecule has 1 fully saturated rings. The largest absolute Gasteiger partial charge is 0.379 e. The summed E-state index contributed by atoms with van der Waals surface area (Å²) in [6, 6.07) is 3.53. The third kappa shape index (κ3) is 25.6. The highest BCUT2D eigenvalue weighted by molar-refractivity contribution is 6.26. The third-order valence-electron chi connectivity index (χ3n) is 10.3. The molecule has 19 nitrogen and oxygen atoms in total. The van der Waals surface area contributed by atoms with Crippen molar-refractivity contribution >= 4 is 35.2 Å². The molecule has 1 aromatic carbocycles. The number of hydrogen-bond donors (Lipinski definition) is 2. The molecule has 2 aliphatic heterocycles. The first-order valence-corrected chi connectivity index (χ1v) is 23.9. The maximum atomic E-state index is 13.2. The standard InChI is InChI=1S/C47H77N3O16/c1-2-3-4-5-6-9-17-56-19-21-58-23-25-60-27-29-62-31-33-64-35-37-66-38-36-65-34-32-63-30-28-61-26-24-59-22-20-57-18-10-7-8-14-42(51)48-40-13-11-12-39-44(40)47(55)50(46(39)54)41-15-16-43(52)49-45(41)53/h11-13,41H,2-10,14-38H2,1H3,(H,48,51)(H,49,52,53). The van der Waals surface area contributed by atoms with E-state index in [1.807, 2.05) is 0 Å². The Morgan fingerprint density at radius 1 is 0.530 bits per heavy atom. The van der Waals surface area contributed by atoms with E-state index in [9.17, 15) is 24.0 Å². The molecule has 0 radical (unpaired) electrons. The minimum absolute atomic E-state index is 0.0279. The van der Waals surface area contributed by atoms with E-state index < -0.39 is 29.7 Å². The van der Waals surface area contributed by atoms with E-state index in [0.717, 1.165) is 30.8 Å². The second-order valence-corrected chi connectivity index (χ2v) is 15.5. The van der Waals surface area contributed by atoms with E-state index in [1.54, 1.807) is 12.1 Å². The summed E-state index contributed by atoms with van der Waals surface area (Å²) >= 11 is 0. The number of carbonyl (C=O) groups excluding carboxylic acids is 5. The lowest BCUT2D eigenvalue weighted by Crippen LogP contribution is -2.54. The fourth-order valence-electron chi connectivity index (χ4n) is 6.78. The average Bonchev–Trinajstić information content (AvgIpc) is 3.56. The first-order chi connectivity index (χ1) is 32.4. The highest BCUT2D eigenvalue weighted by atomic mass is 16.6. The summed E-state index contributed by atoms with van der Waals surface area (Å²) in [5.41, 5.74) is 0.383. The fraction of sp³-hybridized carbons (Fsp3) is 0.766. The maximum absolute atomic E-state index is 13.2. The van der Waals surface area contributed by atoms with Gasteiger partial charge in [0.2, 0.25) is 17.7 Å². The molecule has 0 saturated carbocycles. The van der Waals surface area contributed by atoms with Crippen LogP contribution < -0.4 is 10.6 Å². The van der Waals surface area contributed by atoms with Gasteiger partial charge in [0, 0.05) is 26.1 Å². The highest BCUT2D eigenvalue weighted by Crippen LogP contribution is 2.32. The molecule has 1 unspecified atom stereocenters. The molecular weight excluding hydrogens is 863 g/mol. The van der Waals surface area contributed by atoms with E-state index in [1.165, 1.54) is 38.2 Å². The van der Waals surface area contributed by atoms with Gasteiger partial charge in [-0.25, -0.2) is 0 Å². The number of unbranched alkanes of at least 4 members (excludes halogenated alkanes) is 7. The molecule has 0 bridgehead atoms. The predicted octanol–water partition coefficient (Wildman–Crippen LogP) is 4.13. The van der Waals surface area contributed by atoms with E-state index in [4.69, 9.17) is 52.1 Å². The number of rotatable bonds is 45. The van der Waals surface area contributed by atoms with Crippen molar-refractivity contribution in [2.75, 3.05) is 151 Å². The lowest BCUT2D eigenvalue weighted by atomic mass is 10.0. The van der Waals surface area contributed by atoms with Crippen LogP contribution in [0.3, 0.4) is 0 Å². The van der Waals surface area contributed by atoms with E-state index in [0.29, 0.717) is 145 Å². The van der Waals surface area contributed by atoms with Crippen molar-refractivity contribution in [2.24, 2.45) is 0 Å². The SMILES string of the molecule is CCCCCCCCOCCOCCOCCOCCOCCOCCOCCOCCOCCOCCOCCCCCC(=O)Nc1cccc2c1C(=O)N(C1CCC(=O)NC1=O)C2=O. The Balaban J connectivity index is 0.965. The van der Waals surface area contributed by atoms with Crippen molar-refractivity contribution in [3.8, 4) is 0 Å². The molecule has 2 aliphatic rings. The summed E-state index contributed by atoms with van der Waals surface area (Å²) in [6.45, 7) is 13.5. The molecule has 1 aromatic rings. The van der Waals surface area contributed by atoms with Gasteiger partial charge in [0.15, 0.2) is 0 Å². The number of carbonyl (C=O) groups is 5. The number of nitrogens with zero attached hydrogens (tertiary/aromatic N) is 1. The lowest BCUT2D eigenvalue weighted by molar-refractivity contribution is -0.136. The fourth-order valence-corrected chi connectivity index (χ4v) is 6.78. The first kappa shape index (κ1) is 56.9. The monoisotopic (exact) mass is 940 g/mol. The highest BCUT2D eigenvalue weighted by Gasteiger charge is 2.45. The molecule has 1 atom stereocenters. The van der Waals surface area contributed by atoms with E-state index in [2.05, 4.69) is 17.6 Å². The number of imide groups is 2. The van der Waals surface area contributed by atoms with Crippen molar-refractivity contribution < 1.29 is 76.1 Å². The van der Waals surface area contributed by atoms with E-state index in [-0.39, 0.29) is 42.0 Å². The van der Waals surface area contributed by atoms with Crippen molar-refractivity contribution in [3.05, 3.63) is 29.3 Å². The molecule has 376 valence electrons. The number of anilines is 1. The second kappa shape index (κ2) is 38.5. The van der Waals surface area contributed by atoms with Crippen molar-refractivity contribution in [1.82, 2.24) is 10.2 Å². The Kier molecular flexibility index (Phi) is 33.2. The lowest BCUT2D eigenvalue weighted by Gasteiger charge is -2.27. The smallest absolute Gasteiger partial charge is 0.264 e. The maximum Gasteiger partial charge on any atom is 0.264 e. The van der Waals surface area contributed by atoms with Gasteiger partial charge in [0.25, 0.3) is 11.8 Å². The van der Waals surface area contributed by atoms with Gasteiger partial charge in [-0.2, -0.15) is 0 Å². The van der Waals surface area contributed by atoms with Crippen LogP contribution in [0.2, 0.25) is 0 Å². The average molecular weight is 940 g/mol. The molecule has 2 N–H and O–H groups in total. The molecule has 0 aromatic heterocycles. The van der Waals surface area contributed by atoms with Crippen LogP contribution in [0.1, 0.15) is 105 Å². The molecule has 66 heavy (non-hydrogen) atoms. The van der Waals surface area contributed by atoms with Crippen LogP contribution in [0.25, 0.3) is 0 Å². The van der Waals surface area contributed by atoms with Crippen LogP contribution in [0, 0.1) is 0 Å². The molecule has 2 heterocycles. The number of benzene rings is 1. The van der Waals surface area contributed by atoms with Gasteiger partial charge in [0.1, 0.15) is 6.04 Å². The number of ether oxygens (including phenoxy) is 11. The number of hydrogen-bond acceptors (Lipinski definition) is 16. The minimum atomic E-state index is -1.07. The number of nitrogens with one attached hydrogen (secondary N) is 2.